The van der Waals surface area contributed by atoms with E-state index in [-0.39, 0.29) is 11.9 Å². The summed E-state index contributed by atoms with van der Waals surface area (Å²) in [6.07, 6.45) is 4.54. The monoisotopic (exact) mass is 265 g/mol. The normalized spacial score (nSPS) is 23.3. The first-order valence-electron chi connectivity index (χ1n) is 7.11. The first-order chi connectivity index (χ1) is 9.17. The van der Waals surface area contributed by atoms with Crippen LogP contribution in [0, 0.1) is 12.8 Å². The van der Waals surface area contributed by atoms with E-state index >= 15 is 0 Å². The fraction of sp³-hybridized carbons (Fsp3) is 0.714. The van der Waals surface area contributed by atoms with Crippen LogP contribution >= 0.6 is 0 Å². The molecule has 1 fully saturated rings. The maximum absolute atomic E-state index is 12.5. The predicted molar refractivity (Wildman–Crippen MR) is 72.8 cm³/mol. The molecule has 1 aliphatic carbocycles. The van der Waals surface area contributed by atoms with E-state index in [1.165, 1.54) is 12.8 Å². The van der Waals surface area contributed by atoms with Crippen LogP contribution in [0.3, 0.4) is 0 Å². The third-order valence-electron chi connectivity index (χ3n) is 4.02. The average molecular weight is 265 g/mol. The molecule has 2 N–H and O–H groups in total. The molecule has 0 radical (unpaired) electrons. The van der Waals surface area contributed by atoms with Crippen LogP contribution in [0.4, 0.5) is 0 Å². The molecule has 1 amide bonds. The summed E-state index contributed by atoms with van der Waals surface area (Å²) in [5.74, 6) is 1.04. The highest BCUT2D eigenvalue weighted by molar-refractivity contribution is 5.92. The number of carbonyl (C=O) groups is 1. The third-order valence-corrected chi connectivity index (χ3v) is 4.02. The zero-order chi connectivity index (χ0) is 13.8. The van der Waals surface area contributed by atoms with Gasteiger partial charge in [-0.15, -0.1) is 0 Å². The lowest BCUT2D eigenvalue weighted by atomic mass is 9.83. The van der Waals surface area contributed by atoms with Gasteiger partial charge in [-0.25, -0.2) is 0 Å². The van der Waals surface area contributed by atoms with Crippen molar-refractivity contribution in [3.8, 4) is 0 Å². The molecule has 0 spiro atoms. The van der Waals surface area contributed by atoms with Gasteiger partial charge in [-0.3, -0.25) is 4.79 Å². The molecule has 0 aliphatic heterocycles. The number of hydrogen-bond acceptors (Lipinski definition) is 4. The van der Waals surface area contributed by atoms with Crippen molar-refractivity contribution < 1.29 is 9.32 Å². The van der Waals surface area contributed by atoms with E-state index in [2.05, 4.69) is 5.16 Å². The largest absolute Gasteiger partial charge is 0.361 e. The molecular formula is C14H23N3O2. The van der Waals surface area contributed by atoms with E-state index in [9.17, 15) is 4.79 Å². The molecule has 0 bridgehead atoms. The molecule has 5 heteroatoms. The van der Waals surface area contributed by atoms with Crippen molar-refractivity contribution in [1.82, 2.24) is 10.1 Å². The van der Waals surface area contributed by atoms with Crippen LogP contribution in [0.25, 0.3) is 0 Å². The second kappa shape index (κ2) is 6.19. The molecule has 0 aromatic carbocycles. The van der Waals surface area contributed by atoms with Gasteiger partial charge in [0.1, 0.15) is 5.76 Å². The van der Waals surface area contributed by atoms with Gasteiger partial charge in [-0.1, -0.05) is 18.0 Å². The first-order valence-corrected chi connectivity index (χ1v) is 7.11. The van der Waals surface area contributed by atoms with Gasteiger partial charge in [-0.2, -0.15) is 0 Å². The predicted octanol–water partition coefficient (Wildman–Crippen LogP) is 1.96. The lowest BCUT2D eigenvalue weighted by Crippen LogP contribution is -2.48. The molecule has 2 unspecified atom stereocenters. The Morgan fingerprint density at radius 3 is 2.84 bits per heavy atom. The second-order valence-corrected chi connectivity index (χ2v) is 5.26. The quantitative estimate of drug-likeness (QED) is 0.903. The van der Waals surface area contributed by atoms with Gasteiger partial charge >= 0.3 is 0 Å². The Balaban J connectivity index is 2.16. The summed E-state index contributed by atoms with van der Waals surface area (Å²) in [6, 6.07) is 1.94. The van der Waals surface area contributed by atoms with E-state index in [0.717, 1.165) is 12.8 Å². The summed E-state index contributed by atoms with van der Waals surface area (Å²) < 4.78 is 5.00. The van der Waals surface area contributed by atoms with Gasteiger partial charge in [0.25, 0.3) is 5.91 Å². The van der Waals surface area contributed by atoms with Crippen LogP contribution in [0.5, 0.6) is 0 Å². The molecular weight excluding hydrogens is 242 g/mol. The molecule has 106 valence electrons. The Kier molecular flexibility index (Phi) is 4.58. The maximum Gasteiger partial charge on any atom is 0.276 e. The van der Waals surface area contributed by atoms with Crippen LogP contribution in [0.2, 0.25) is 0 Å². The molecule has 2 atom stereocenters. The van der Waals surface area contributed by atoms with Crippen LogP contribution < -0.4 is 5.73 Å². The van der Waals surface area contributed by atoms with Crippen LogP contribution in [-0.4, -0.2) is 35.1 Å². The molecule has 2 rings (SSSR count). The Hall–Kier alpha value is -1.36. The van der Waals surface area contributed by atoms with E-state index in [1.54, 1.807) is 13.0 Å². The zero-order valence-electron chi connectivity index (χ0n) is 11.8. The fourth-order valence-corrected chi connectivity index (χ4v) is 3.02. The van der Waals surface area contributed by atoms with Gasteiger partial charge in [0, 0.05) is 18.7 Å². The van der Waals surface area contributed by atoms with Crippen molar-refractivity contribution >= 4 is 5.91 Å². The number of hydrogen-bond donors (Lipinski definition) is 1. The zero-order valence-corrected chi connectivity index (χ0v) is 11.8. The fourth-order valence-electron chi connectivity index (χ4n) is 3.02. The van der Waals surface area contributed by atoms with Crippen molar-refractivity contribution in [1.29, 1.82) is 0 Å². The van der Waals surface area contributed by atoms with E-state index in [0.29, 0.717) is 30.5 Å². The summed E-state index contributed by atoms with van der Waals surface area (Å²) in [7, 11) is 0. The molecule has 0 saturated heterocycles. The maximum atomic E-state index is 12.5. The minimum absolute atomic E-state index is 0.0373. The van der Waals surface area contributed by atoms with Crippen LogP contribution in [-0.2, 0) is 0 Å². The highest BCUT2D eigenvalue weighted by Gasteiger charge is 2.32. The van der Waals surface area contributed by atoms with Crippen molar-refractivity contribution in [2.45, 2.75) is 45.6 Å². The van der Waals surface area contributed by atoms with Crippen LogP contribution in [0.15, 0.2) is 10.6 Å². The van der Waals surface area contributed by atoms with Gasteiger partial charge in [-0.05, 0) is 39.2 Å². The van der Waals surface area contributed by atoms with Crippen molar-refractivity contribution in [2.24, 2.45) is 11.7 Å². The molecule has 19 heavy (non-hydrogen) atoms. The van der Waals surface area contributed by atoms with E-state index in [4.69, 9.17) is 10.3 Å². The highest BCUT2D eigenvalue weighted by atomic mass is 16.5. The van der Waals surface area contributed by atoms with Gasteiger partial charge in [0.15, 0.2) is 5.69 Å². The number of nitrogens with zero attached hydrogens (tertiary/aromatic N) is 2. The number of nitrogens with two attached hydrogens (primary N) is 1. The number of carbonyl (C=O) groups excluding carboxylic acids is 1. The molecule has 1 saturated carbocycles. The Morgan fingerprint density at radius 1 is 1.53 bits per heavy atom. The van der Waals surface area contributed by atoms with Crippen LogP contribution in [0.1, 0.15) is 48.9 Å². The highest BCUT2D eigenvalue weighted by Crippen LogP contribution is 2.28. The summed E-state index contributed by atoms with van der Waals surface area (Å²) in [6.45, 7) is 5.13. The first kappa shape index (κ1) is 14.1. The number of aryl methyl sites for hydroxylation is 1. The number of rotatable bonds is 4. The topological polar surface area (TPSA) is 72.4 Å². The standard InChI is InChI=1S/C14H23N3O2/c1-3-17(13-7-5-4-6-11(13)9-15)14(18)12-8-10(2)19-16-12/h8,11,13H,3-7,9,15H2,1-2H3. The van der Waals surface area contributed by atoms with Crippen molar-refractivity contribution in [3.63, 3.8) is 0 Å². The van der Waals surface area contributed by atoms with Crippen molar-refractivity contribution in [3.05, 3.63) is 17.5 Å². The lowest BCUT2D eigenvalue weighted by Gasteiger charge is -2.38. The SMILES string of the molecule is CCN(C(=O)c1cc(C)on1)C1CCCCC1CN. The summed E-state index contributed by atoms with van der Waals surface area (Å²) in [5.41, 5.74) is 6.26. The Bertz CT molecular complexity index is 430. The number of amides is 1. The van der Waals surface area contributed by atoms with Gasteiger partial charge in [0.05, 0.1) is 0 Å². The third kappa shape index (κ3) is 2.97. The summed E-state index contributed by atoms with van der Waals surface area (Å²) in [4.78, 5) is 14.4. The van der Waals surface area contributed by atoms with E-state index < -0.39 is 0 Å². The van der Waals surface area contributed by atoms with Gasteiger partial charge in [0.2, 0.25) is 0 Å². The Morgan fingerprint density at radius 2 is 2.26 bits per heavy atom. The molecule has 5 nitrogen and oxygen atoms in total. The molecule has 1 aromatic heterocycles. The molecule has 1 aromatic rings. The minimum atomic E-state index is -0.0373. The van der Waals surface area contributed by atoms with Crippen molar-refractivity contribution in [2.75, 3.05) is 13.1 Å². The summed E-state index contributed by atoms with van der Waals surface area (Å²) >= 11 is 0. The summed E-state index contributed by atoms with van der Waals surface area (Å²) in [5, 5.41) is 3.83. The second-order valence-electron chi connectivity index (χ2n) is 5.26. The smallest absolute Gasteiger partial charge is 0.276 e. The Labute approximate surface area is 114 Å². The minimum Gasteiger partial charge on any atom is -0.361 e. The molecule has 1 aliphatic rings. The van der Waals surface area contributed by atoms with Gasteiger partial charge < -0.3 is 15.2 Å². The molecule has 1 heterocycles. The number of aromatic nitrogens is 1. The lowest BCUT2D eigenvalue weighted by molar-refractivity contribution is 0.0550. The van der Waals surface area contributed by atoms with E-state index in [1.807, 2.05) is 11.8 Å². The average Bonchev–Trinajstić information content (AvgIpc) is 2.86.